The van der Waals surface area contributed by atoms with E-state index in [-0.39, 0.29) is 18.9 Å². The molecule has 2 aromatic carbocycles. The molecule has 0 aliphatic rings. The lowest BCUT2D eigenvalue weighted by Gasteiger charge is -2.21. The quantitative estimate of drug-likeness (QED) is 0.232. The fourth-order valence-corrected chi connectivity index (χ4v) is 5.91. The van der Waals surface area contributed by atoms with Crippen molar-refractivity contribution in [1.82, 2.24) is 0 Å². The van der Waals surface area contributed by atoms with E-state index in [4.69, 9.17) is 23.3 Å². The number of rotatable bonds is 10. The van der Waals surface area contributed by atoms with Crippen LogP contribution in [-0.2, 0) is 24.5 Å². The predicted molar refractivity (Wildman–Crippen MR) is 120 cm³/mol. The number of para-hydroxylation sites is 1. The van der Waals surface area contributed by atoms with Gasteiger partial charge in [0, 0.05) is 31.4 Å². The number of hydrogen-bond donors (Lipinski definition) is 0. The van der Waals surface area contributed by atoms with Crippen molar-refractivity contribution in [2.45, 2.75) is 25.9 Å². The van der Waals surface area contributed by atoms with E-state index in [1.54, 1.807) is 13.2 Å². The highest BCUT2D eigenvalue weighted by Crippen LogP contribution is 2.52. The number of benzene rings is 2. The Morgan fingerprint density at radius 2 is 1.69 bits per heavy atom. The molecular formula is C20H25Br2O6P. The van der Waals surface area contributed by atoms with Crippen molar-refractivity contribution in [2.75, 3.05) is 28.1 Å². The van der Waals surface area contributed by atoms with Crippen LogP contribution >= 0.6 is 39.5 Å². The minimum Gasteiger partial charge on any atom is -0.462 e. The first-order chi connectivity index (χ1) is 13.8. The van der Waals surface area contributed by atoms with Crippen molar-refractivity contribution in [3.8, 4) is 17.2 Å². The first kappa shape index (κ1) is 24.4. The third kappa shape index (κ3) is 6.06. The first-order valence-electron chi connectivity index (χ1n) is 8.86. The van der Waals surface area contributed by atoms with Crippen LogP contribution in [0.5, 0.6) is 17.2 Å². The van der Waals surface area contributed by atoms with Crippen LogP contribution in [0.15, 0.2) is 39.3 Å². The van der Waals surface area contributed by atoms with Crippen molar-refractivity contribution in [3.05, 3.63) is 50.4 Å². The van der Waals surface area contributed by atoms with Crippen molar-refractivity contribution in [2.24, 2.45) is 0 Å². The van der Waals surface area contributed by atoms with Gasteiger partial charge < -0.3 is 23.3 Å². The van der Waals surface area contributed by atoms with E-state index in [9.17, 15) is 4.57 Å². The van der Waals surface area contributed by atoms with Crippen LogP contribution in [0.3, 0.4) is 0 Å². The van der Waals surface area contributed by atoms with Gasteiger partial charge in [0.25, 0.3) is 0 Å². The van der Waals surface area contributed by atoms with Gasteiger partial charge in [-0.15, -0.1) is 0 Å². The molecule has 0 heterocycles. The van der Waals surface area contributed by atoms with E-state index in [0.29, 0.717) is 22.8 Å². The molecule has 0 fully saturated rings. The molecule has 0 N–H and O–H groups in total. The van der Waals surface area contributed by atoms with Crippen LogP contribution in [0.25, 0.3) is 0 Å². The fourth-order valence-electron chi connectivity index (χ4n) is 2.72. The summed E-state index contributed by atoms with van der Waals surface area (Å²) in [6.07, 6.45) is 0.0802. The molecular weight excluding hydrogens is 527 g/mol. The average molecular weight is 552 g/mol. The lowest BCUT2D eigenvalue weighted by molar-refractivity contribution is 0.0488. The highest BCUT2D eigenvalue weighted by molar-refractivity contribution is 9.11. The summed E-state index contributed by atoms with van der Waals surface area (Å²) >= 11 is 7.26. The molecule has 0 amide bonds. The molecule has 0 aliphatic heterocycles. The van der Waals surface area contributed by atoms with Gasteiger partial charge in [-0.05, 0) is 39.5 Å². The van der Waals surface area contributed by atoms with Crippen LogP contribution in [0, 0.1) is 0 Å². The van der Waals surface area contributed by atoms with E-state index in [1.807, 2.05) is 24.3 Å². The molecule has 0 aromatic heterocycles. The molecule has 0 unspecified atom stereocenters. The molecule has 2 rings (SSSR count). The van der Waals surface area contributed by atoms with Gasteiger partial charge in [-0.25, -0.2) is 0 Å². The maximum atomic E-state index is 12.6. The van der Waals surface area contributed by atoms with E-state index < -0.39 is 7.60 Å². The fraction of sp³-hybridized carbons (Fsp3) is 0.400. The second-order valence-electron chi connectivity index (χ2n) is 6.46. The Morgan fingerprint density at radius 3 is 2.28 bits per heavy atom. The largest absolute Gasteiger partial charge is 0.462 e. The number of ether oxygens (including phenoxy) is 3. The minimum absolute atomic E-state index is 0.0678. The molecule has 9 heteroatoms. The topological polar surface area (TPSA) is 63.2 Å². The zero-order valence-electron chi connectivity index (χ0n) is 17.0. The van der Waals surface area contributed by atoms with Crippen LogP contribution in [0.1, 0.15) is 30.9 Å². The molecule has 0 radical (unpaired) electrons. The van der Waals surface area contributed by atoms with Crippen molar-refractivity contribution in [1.29, 1.82) is 0 Å². The maximum Gasteiger partial charge on any atom is 0.334 e. The zero-order valence-corrected chi connectivity index (χ0v) is 21.1. The van der Waals surface area contributed by atoms with E-state index >= 15 is 0 Å². The number of hydrogen-bond acceptors (Lipinski definition) is 6. The third-order valence-corrected chi connectivity index (χ3v) is 7.47. The molecule has 29 heavy (non-hydrogen) atoms. The van der Waals surface area contributed by atoms with Crippen molar-refractivity contribution >= 4 is 39.5 Å². The molecule has 0 bridgehead atoms. The molecule has 0 aliphatic carbocycles. The van der Waals surface area contributed by atoms with Crippen molar-refractivity contribution < 1.29 is 27.8 Å². The second kappa shape index (κ2) is 10.9. The summed E-state index contributed by atoms with van der Waals surface area (Å²) in [5.74, 6) is 1.79. The monoisotopic (exact) mass is 550 g/mol. The summed E-state index contributed by atoms with van der Waals surface area (Å²) < 4.78 is 41.5. The van der Waals surface area contributed by atoms with Crippen LogP contribution in [-0.4, -0.2) is 28.1 Å². The molecule has 6 nitrogen and oxygen atoms in total. The highest BCUT2D eigenvalue weighted by atomic mass is 79.9. The predicted octanol–water partition coefficient (Wildman–Crippen LogP) is 7.10. The molecule has 160 valence electrons. The summed E-state index contributed by atoms with van der Waals surface area (Å²) in [6.45, 7) is 4.25. The Bertz CT molecular complexity index is 880. The number of methoxy groups -OCH3 is 1. The van der Waals surface area contributed by atoms with Gasteiger partial charge in [-0.2, -0.15) is 0 Å². The Balaban J connectivity index is 2.50. The summed E-state index contributed by atoms with van der Waals surface area (Å²) in [6, 6.07) is 9.15. The normalized spacial score (nSPS) is 11.7. The SMILES string of the molecule is COCOc1c(Oc2ccccc2CP(=O)(OC)OC)cc(Br)c(C(C)C)c1Br. The lowest BCUT2D eigenvalue weighted by atomic mass is 10.0. The summed E-state index contributed by atoms with van der Waals surface area (Å²) in [4.78, 5) is 0. The van der Waals surface area contributed by atoms with Crippen LogP contribution in [0.2, 0.25) is 0 Å². The van der Waals surface area contributed by atoms with E-state index in [0.717, 1.165) is 14.5 Å². The average Bonchev–Trinajstić information content (AvgIpc) is 2.68. The van der Waals surface area contributed by atoms with Gasteiger partial charge in [-0.1, -0.05) is 48.0 Å². The molecule has 0 spiro atoms. The zero-order chi connectivity index (χ0) is 21.6. The van der Waals surface area contributed by atoms with Gasteiger partial charge in [-0.3, -0.25) is 4.57 Å². The lowest BCUT2D eigenvalue weighted by Crippen LogP contribution is -2.04. The number of halogens is 2. The van der Waals surface area contributed by atoms with Gasteiger partial charge in [0.05, 0.1) is 10.6 Å². The molecule has 2 aromatic rings. The van der Waals surface area contributed by atoms with Gasteiger partial charge in [0.2, 0.25) is 0 Å². The molecule has 0 atom stereocenters. The minimum atomic E-state index is -3.25. The first-order valence-corrected chi connectivity index (χ1v) is 12.2. The summed E-state index contributed by atoms with van der Waals surface area (Å²) in [7, 11) is 1.03. The Kier molecular flexibility index (Phi) is 9.19. The van der Waals surface area contributed by atoms with E-state index in [1.165, 1.54) is 14.2 Å². The summed E-state index contributed by atoms with van der Waals surface area (Å²) in [5.41, 5.74) is 1.75. The smallest absolute Gasteiger partial charge is 0.334 e. The van der Waals surface area contributed by atoms with Gasteiger partial charge >= 0.3 is 7.60 Å². The van der Waals surface area contributed by atoms with Crippen molar-refractivity contribution in [3.63, 3.8) is 0 Å². The molecule has 0 saturated carbocycles. The Hall–Kier alpha value is -0.890. The summed E-state index contributed by atoms with van der Waals surface area (Å²) in [5, 5.41) is 0. The van der Waals surface area contributed by atoms with Gasteiger partial charge in [0.15, 0.2) is 18.3 Å². The second-order valence-corrected chi connectivity index (χ2v) is 10.4. The standard InChI is InChI=1S/C20H25Br2O6P/c1-13(2)18-15(21)10-17(20(19(18)22)27-12-24-3)28-16-9-7-6-8-14(16)11-29(23,25-4)26-5/h6-10,13H,11-12H2,1-5H3. The molecule has 0 saturated heterocycles. The maximum absolute atomic E-state index is 12.6. The van der Waals surface area contributed by atoms with E-state index in [2.05, 4.69) is 45.7 Å². The Labute approximate surface area is 188 Å². The van der Waals surface area contributed by atoms with Crippen LogP contribution < -0.4 is 9.47 Å². The highest BCUT2D eigenvalue weighted by Gasteiger charge is 2.25. The third-order valence-electron chi connectivity index (χ3n) is 4.19. The van der Waals surface area contributed by atoms with Crippen LogP contribution in [0.4, 0.5) is 0 Å². The van der Waals surface area contributed by atoms with Gasteiger partial charge in [0.1, 0.15) is 5.75 Å². The Morgan fingerprint density at radius 1 is 1.03 bits per heavy atom.